The highest BCUT2D eigenvalue weighted by molar-refractivity contribution is 6.30. The van der Waals surface area contributed by atoms with E-state index in [0.29, 0.717) is 28.8 Å². The van der Waals surface area contributed by atoms with E-state index in [9.17, 15) is 4.79 Å². The molecule has 0 aliphatic rings. The summed E-state index contributed by atoms with van der Waals surface area (Å²) in [5.41, 5.74) is 5.62. The van der Waals surface area contributed by atoms with E-state index in [0.717, 1.165) is 35.6 Å². The molecule has 0 spiro atoms. The molecule has 174 valence electrons. The number of ether oxygens (including phenoxy) is 1. The van der Waals surface area contributed by atoms with E-state index < -0.39 is 0 Å². The molecule has 7 nitrogen and oxygen atoms in total. The van der Waals surface area contributed by atoms with Crippen LogP contribution < -0.4 is 15.4 Å². The van der Waals surface area contributed by atoms with Crippen LogP contribution in [0.4, 0.5) is 5.69 Å². The number of carbonyl (C=O) groups excluding carboxylic acids is 1. The number of hydrogen-bond donors (Lipinski definition) is 2. The van der Waals surface area contributed by atoms with Gasteiger partial charge in [-0.05, 0) is 87.7 Å². The first-order valence-corrected chi connectivity index (χ1v) is 11.3. The zero-order valence-corrected chi connectivity index (χ0v) is 20.5. The molecule has 0 aliphatic heterocycles. The Hall–Kier alpha value is -3.32. The summed E-state index contributed by atoms with van der Waals surface area (Å²) < 4.78 is 7.17. The lowest BCUT2D eigenvalue weighted by molar-refractivity contribution is 0.0977. The van der Waals surface area contributed by atoms with Crippen molar-refractivity contribution in [3.8, 4) is 5.75 Å². The number of carbonyl (C=O) groups is 1. The second kappa shape index (κ2) is 11.0. The molecule has 2 aromatic carbocycles. The van der Waals surface area contributed by atoms with Crippen LogP contribution in [0.15, 0.2) is 47.5 Å². The number of nitrogens with one attached hydrogen (secondary N) is 2. The summed E-state index contributed by atoms with van der Waals surface area (Å²) in [5.74, 6) is 0.801. The van der Waals surface area contributed by atoms with Crippen LogP contribution in [0.25, 0.3) is 0 Å². The summed E-state index contributed by atoms with van der Waals surface area (Å²) in [7, 11) is 1.59. The van der Waals surface area contributed by atoms with Gasteiger partial charge in [0.05, 0.1) is 12.8 Å². The molecule has 2 N–H and O–H groups in total. The van der Waals surface area contributed by atoms with Gasteiger partial charge in [-0.25, -0.2) is 0 Å². The number of aryl methyl sites for hydroxylation is 3. The fourth-order valence-corrected chi connectivity index (χ4v) is 3.84. The largest absolute Gasteiger partial charge is 0.497 e. The third-order valence-electron chi connectivity index (χ3n) is 5.49. The average Bonchev–Trinajstić information content (AvgIpc) is 3.08. The van der Waals surface area contributed by atoms with Crippen molar-refractivity contribution in [3.63, 3.8) is 0 Å². The van der Waals surface area contributed by atoms with Gasteiger partial charge in [0.1, 0.15) is 5.75 Å². The van der Waals surface area contributed by atoms with Crippen molar-refractivity contribution < 1.29 is 9.53 Å². The Morgan fingerprint density at radius 1 is 1.15 bits per heavy atom. The zero-order valence-electron chi connectivity index (χ0n) is 19.7. The number of rotatable bonds is 7. The molecule has 8 heteroatoms. The number of guanidine groups is 1. The highest BCUT2D eigenvalue weighted by atomic mass is 35.5. The molecule has 0 radical (unpaired) electrons. The quantitative estimate of drug-likeness (QED) is 0.381. The Labute approximate surface area is 199 Å². The predicted molar refractivity (Wildman–Crippen MR) is 134 cm³/mol. The number of methoxy groups -OCH3 is 1. The second-order valence-electron chi connectivity index (χ2n) is 7.71. The molecule has 0 saturated carbocycles. The van der Waals surface area contributed by atoms with Crippen molar-refractivity contribution in [1.82, 2.24) is 15.1 Å². The first kappa shape index (κ1) is 24.3. The molecule has 1 amide bonds. The number of amides is 1. The Morgan fingerprint density at radius 3 is 2.48 bits per heavy atom. The summed E-state index contributed by atoms with van der Waals surface area (Å²) in [6.07, 6.45) is 0.723. The van der Waals surface area contributed by atoms with Crippen LogP contribution >= 0.6 is 11.6 Å². The van der Waals surface area contributed by atoms with Gasteiger partial charge in [0, 0.05) is 35.1 Å². The first-order valence-electron chi connectivity index (χ1n) is 10.9. The molecule has 3 rings (SSSR count). The van der Waals surface area contributed by atoms with E-state index in [1.54, 1.807) is 37.4 Å². The minimum Gasteiger partial charge on any atom is -0.497 e. The van der Waals surface area contributed by atoms with Crippen LogP contribution in [0.2, 0.25) is 5.02 Å². The molecule has 0 aliphatic carbocycles. The molecule has 3 aromatic rings. The van der Waals surface area contributed by atoms with E-state index in [2.05, 4.69) is 34.6 Å². The van der Waals surface area contributed by atoms with Gasteiger partial charge >= 0.3 is 0 Å². The van der Waals surface area contributed by atoms with Gasteiger partial charge in [0.25, 0.3) is 5.91 Å². The highest BCUT2D eigenvalue weighted by Gasteiger charge is 2.13. The van der Waals surface area contributed by atoms with Gasteiger partial charge < -0.3 is 10.1 Å². The topological polar surface area (TPSA) is 80.5 Å². The van der Waals surface area contributed by atoms with E-state index in [1.165, 1.54) is 5.56 Å². The highest BCUT2D eigenvalue weighted by Crippen LogP contribution is 2.20. The zero-order chi connectivity index (χ0) is 24.0. The third-order valence-corrected chi connectivity index (χ3v) is 5.72. The number of anilines is 1. The number of hydrogen-bond acceptors (Lipinski definition) is 4. The Kier molecular flexibility index (Phi) is 8.11. The van der Waals surface area contributed by atoms with Crippen molar-refractivity contribution in [2.45, 2.75) is 40.7 Å². The van der Waals surface area contributed by atoms with Crippen LogP contribution in [0.1, 0.15) is 39.8 Å². The van der Waals surface area contributed by atoms with Crippen molar-refractivity contribution in [2.75, 3.05) is 19.0 Å². The molecule has 0 fully saturated rings. The van der Waals surface area contributed by atoms with Gasteiger partial charge in [0.15, 0.2) is 0 Å². The molecular weight excluding hydrogens is 438 g/mol. The number of aliphatic imine (C=N–C) groups is 1. The number of halogens is 1. The maximum Gasteiger partial charge on any atom is 0.257 e. The molecule has 1 heterocycles. The molecule has 0 saturated heterocycles. The molecule has 33 heavy (non-hydrogen) atoms. The van der Waals surface area contributed by atoms with Crippen LogP contribution in [0.5, 0.6) is 5.75 Å². The third kappa shape index (κ3) is 6.14. The van der Waals surface area contributed by atoms with Crippen molar-refractivity contribution in [2.24, 2.45) is 4.99 Å². The second-order valence-corrected chi connectivity index (χ2v) is 8.15. The van der Waals surface area contributed by atoms with Crippen LogP contribution in [0.3, 0.4) is 0 Å². The molecule has 0 bridgehead atoms. The minimum atomic E-state index is -0.262. The van der Waals surface area contributed by atoms with Crippen LogP contribution in [-0.4, -0.2) is 35.3 Å². The fourth-order valence-electron chi connectivity index (χ4n) is 3.61. The Bertz CT molecular complexity index is 1150. The van der Waals surface area contributed by atoms with Gasteiger partial charge in [-0.3, -0.25) is 19.8 Å². The monoisotopic (exact) mass is 467 g/mol. The SMILES string of the molecule is CCn1nc(C)c(CCN=C(NC(=O)c2ccc(OC)cc2)Nc2ccc(Cl)cc2C)c1C. The Balaban J connectivity index is 1.80. The lowest BCUT2D eigenvalue weighted by Crippen LogP contribution is -2.36. The van der Waals surface area contributed by atoms with Gasteiger partial charge in [-0.1, -0.05) is 11.6 Å². The van der Waals surface area contributed by atoms with E-state index >= 15 is 0 Å². The van der Waals surface area contributed by atoms with E-state index in [1.807, 2.05) is 30.7 Å². The predicted octanol–water partition coefficient (Wildman–Crippen LogP) is 4.93. The average molecular weight is 468 g/mol. The van der Waals surface area contributed by atoms with Crippen molar-refractivity contribution >= 4 is 29.2 Å². The van der Waals surface area contributed by atoms with Gasteiger partial charge in [-0.15, -0.1) is 0 Å². The number of aromatic nitrogens is 2. The normalized spacial score (nSPS) is 11.4. The molecular formula is C25H30ClN5O2. The summed E-state index contributed by atoms with van der Waals surface area (Å²) in [6, 6.07) is 12.5. The van der Waals surface area contributed by atoms with Crippen molar-refractivity contribution in [1.29, 1.82) is 0 Å². The van der Waals surface area contributed by atoms with Gasteiger partial charge in [-0.2, -0.15) is 5.10 Å². The standard InChI is InChI=1S/C25H30ClN5O2/c1-6-31-18(4)22(17(3)30-31)13-14-27-25(28-23-12-9-20(26)15-16(23)2)29-24(32)19-7-10-21(33-5)11-8-19/h7-12,15H,6,13-14H2,1-5H3,(H2,27,28,29,32). The smallest absolute Gasteiger partial charge is 0.257 e. The molecule has 0 atom stereocenters. The van der Waals surface area contributed by atoms with E-state index in [4.69, 9.17) is 16.3 Å². The lowest BCUT2D eigenvalue weighted by Gasteiger charge is -2.14. The Morgan fingerprint density at radius 2 is 1.88 bits per heavy atom. The van der Waals surface area contributed by atoms with Crippen LogP contribution in [-0.2, 0) is 13.0 Å². The first-order chi connectivity index (χ1) is 15.8. The number of nitrogens with zero attached hydrogens (tertiary/aromatic N) is 3. The summed E-state index contributed by atoms with van der Waals surface area (Å²) in [6.45, 7) is 9.44. The fraction of sp³-hybridized carbons (Fsp3) is 0.320. The maximum absolute atomic E-state index is 12.9. The van der Waals surface area contributed by atoms with E-state index in [-0.39, 0.29) is 5.91 Å². The minimum absolute atomic E-state index is 0.262. The lowest BCUT2D eigenvalue weighted by atomic mass is 10.1. The summed E-state index contributed by atoms with van der Waals surface area (Å²) in [4.78, 5) is 17.5. The van der Waals surface area contributed by atoms with Gasteiger partial charge in [0.2, 0.25) is 5.96 Å². The summed E-state index contributed by atoms with van der Waals surface area (Å²) in [5, 5.41) is 11.4. The molecule has 0 unspecified atom stereocenters. The maximum atomic E-state index is 12.9. The summed E-state index contributed by atoms with van der Waals surface area (Å²) >= 11 is 6.09. The van der Waals surface area contributed by atoms with Crippen molar-refractivity contribution in [3.05, 3.63) is 75.6 Å². The molecule has 1 aromatic heterocycles. The van der Waals surface area contributed by atoms with Crippen LogP contribution in [0, 0.1) is 20.8 Å². The number of benzene rings is 2.